The van der Waals surface area contributed by atoms with Gasteiger partial charge in [0, 0.05) is 25.4 Å². The molecule has 200 valence electrons. The molecule has 0 radical (unpaired) electrons. The standard InChI is InChI=1S/C21H26ClFN8O5S/c1-11(16(34-2)17-24-8-13(22)9-25-17)37(32,33)30-21-29-28-18(14-6-5-12(14)7-23)31(21)15-19(35-3)26-10-27-20(15)36-4/h8-12,14,16H,5-7H2,1-4H3,(H,29,30)/t11?,12-,14-,16?/m1/s1. The lowest BCUT2D eigenvalue weighted by atomic mass is 9.74. The molecule has 0 aromatic carbocycles. The number of hydrogen-bond acceptors (Lipinski definition) is 11. The number of aromatic nitrogens is 7. The summed E-state index contributed by atoms with van der Waals surface area (Å²) in [6.07, 6.45) is 4.21. The summed E-state index contributed by atoms with van der Waals surface area (Å²) in [6, 6.07) is 0. The van der Waals surface area contributed by atoms with E-state index in [9.17, 15) is 12.8 Å². The number of alkyl halides is 1. The highest BCUT2D eigenvalue weighted by Crippen LogP contribution is 2.45. The van der Waals surface area contributed by atoms with Gasteiger partial charge in [-0.25, -0.2) is 18.4 Å². The topological polar surface area (TPSA) is 156 Å². The molecular formula is C21H26ClFN8O5S. The fourth-order valence-corrected chi connectivity index (χ4v) is 5.34. The molecule has 4 rings (SSSR count). The molecule has 0 amide bonds. The van der Waals surface area contributed by atoms with Crippen molar-refractivity contribution in [3.8, 4) is 17.4 Å². The first kappa shape index (κ1) is 26.9. The van der Waals surface area contributed by atoms with Crippen molar-refractivity contribution in [2.75, 3.05) is 32.7 Å². The lowest BCUT2D eigenvalue weighted by Crippen LogP contribution is -2.34. The Bertz CT molecular complexity index is 1320. The van der Waals surface area contributed by atoms with E-state index in [-0.39, 0.29) is 41.1 Å². The van der Waals surface area contributed by atoms with E-state index in [0.29, 0.717) is 23.7 Å². The van der Waals surface area contributed by atoms with E-state index in [1.165, 1.54) is 51.5 Å². The minimum atomic E-state index is -4.18. The molecule has 0 aliphatic heterocycles. The largest absolute Gasteiger partial charge is 0.479 e. The van der Waals surface area contributed by atoms with E-state index in [1.807, 2.05) is 0 Å². The van der Waals surface area contributed by atoms with Crippen molar-refractivity contribution < 1.29 is 27.0 Å². The van der Waals surface area contributed by atoms with Crippen LogP contribution < -0.4 is 14.2 Å². The van der Waals surface area contributed by atoms with Crippen molar-refractivity contribution in [3.63, 3.8) is 0 Å². The van der Waals surface area contributed by atoms with Gasteiger partial charge in [0.1, 0.15) is 23.5 Å². The number of halogens is 2. The van der Waals surface area contributed by atoms with Crippen LogP contribution in [0.25, 0.3) is 5.69 Å². The fraction of sp³-hybridized carbons (Fsp3) is 0.524. The van der Waals surface area contributed by atoms with Gasteiger partial charge in [-0.05, 0) is 25.7 Å². The van der Waals surface area contributed by atoms with E-state index < -0.39 is 28.1 Å². The lowest BCUT2D eigenvalue weighted by Gasteiger charge is -2.34. The molecule has 2 unspecified atom stereocenters. The summed E-state index contributed by atoms with van der Waals surface area (Å²) in [5, 5.41) is 7.44. The van der Waals surface area contributed by atoms with Crippen LogP contribution in [0.2, 0.25) is 5.02 Å². The summed E-state index contributed by atoms with van der Waals surface area (Å²) in [5.41, 5.74) is 0.173. The van der Waals surface area contributed by atoms with Gasteiger partial charge in [0.05, 0.1) is 25.9 Å². The number of rotatable bonds is 11. The normalized spacial score (nSPS) is 19.1. The average molecular weight is 557 g/mol. The van der Waals surface area contributed by atoms with Crippen molar-refractivity contribution >= 4 is 27.6 Å². The van der Waals surface area contributed by atoms with Gasteiger partial charge in [0.15, 0.2) is 11.5 Å². The summed E-state index contributed by atoms with van der Waals surface area (Å²) in [4.78, 5) is 16.4. The van der Waals surface area contributed by atoms with Gasteiger partial charge >= 0.3 is 0 Å². The average Bonchev–Trinajstić information content (AvgIpc) is 3.25. The van der Waals surface area contributed by atoms with Gasteiger partial charge in [0.25, 0.3) is 0 Å². The van der Waals surface area contributed by atoms with Gasteiger partial charge in [-0.1, -0.05) is 11.6 Å². The molecule has 3 aromatic heterocycles. The maximum atomic E-state index is 13.6. The number of hydrogen-bond donors (Lipinski definition) is 1. The number of anilines is 1. The van der Waals surface area contributed by atoms with E-state index in [0.717, 1.165) is 0 Å². The Morgan fingerprint density at radius 2 is 1.76 bits per heavy atom. The number of ether oxygens (including phenoxy) is 3. The first-order valence-corrected chi connectivity index (χ1v) is 13.1. The number of nitrogens with zero attached hydrogens (tertiary/aromatic N) is 7. The Morgan fingerprint density at radius 1 is 1.11 bits per heavy atom. The molecule has 0 saturated heterocycles. The second kappa shape index (κ2) is 11.1. The molecule has 3 heterocycles. The van der Waals surface area contributed by atoms with Crippen molar-refractivity contribution in [2.24, 2.45) is 5.92 Å². The molecule has 1 aliphatic carbocycles. The smallest absolute Gasteiger partial charge is 0.245 e. The Labute approximate surface area is 217 Å². The van der Waals surface area contributed by atoms with Crippen molar-refractivity contribution in [1.29, 1.82) is 0 Å². The molecule has 16 heteroatoms. The number of nitrogens with one attached hydrogen (secondary N) is 1. The summed E-state index contributed by atoms with van der Waals surface area (Å²) < 4.78 is 60.7. The molecule has 1 aliphatic rings. The van der Waals surface area contributed by atoms with Crippen molar-refractivity contribution in [1.82, 2.24) is 34.7 Å². The van der Waals surface area contributed by atoms with E-state index in [1.54, 1.807) is 0 Å². The highest BCUT2D eigenvalue weighted by molar-refractivity contribution is 7.93. The first-order chi connectivity index (χ1) is 17.7. The van der Waals surface area contributed by atoms with Crippen molar-refractivity contribution in [2.45, 2.75) is 37.0 Å². The fourth-order valence-electron chi connectivity index (χ4n) is 4.11. The SMILES string of the molecule is COc1ncnc(OC)c1-n1c(NS(=O)(=O)C(C)C(OC)c2ncc(Cl)cn2)nnc1[C@@H]1CC[C@@H]1CF. The molecule has 37 heavy (non-hydrogen) atoms. The lowest BCUT2D eigenvalue weighted by molar-refractivity contribution is 0.0950. The molecule has 1 saturated carbocycles. The molecule has 1 N–H and O–H groups in total. The van der Waals surface area contributed by atoms with Crippen LogP contribution in [0.1, 0.15) is 43.4 Å². The second-order valence-corrected chi connectivity index (χ2v) is 10.8. The Hall–Kier alpha value is -3.17. The van der Waals surface area contributed by atoms with Crippen LogP contribution >= 0.6 is 11.6 Å². The third-order valence-corrected chi connectivity index (χ3v) is 8.19. The van der Waals surface area contributed by atoms with Gasteiger partial charge in [-0.15, -0.1) is 10.2 Å². The van der Waals surface area contributed by atoms with Crippen molar-refractivity contribution in [3.05, 3.63) is 35.4 Å². The van der Waals surface area contributed by atoms with Gasteiger partial charge < -0.3 is 14.2 Å². The second-order valence-electron chi connectivity index (χ2n) is 8.32. The van der Waals surface area contributed by atoms with E-state index in [2.05, 4.69) is 34.9 Å². The minimum Gasteiger partial charge on any atom is -0.479 e. The van der Waals surface area contributed by atoms with Crippen LogP contribution in [0, 0.1) is 5.92 Å². The summed E-state index contributed by atoms with van der Waals surface area (Å²) in [7, 11) is -0.0472. The van der Waals surface area contributed by atoms with Crippen LogP contribution in [-0.4, -0.2) is 76.4 Å². The van der Waals surface area contributed by atoms with Crippen LogP contribution in [0.15, 0.2) is 18.7 Å². The highest BCUT2D eigenvalue weighted by atomic mass is 35.5. The first-order valence-electron chi connectivity index (χ1n) is 11.2. The van der Waals surface area contributed by atoms with E-state index in [4.69, 9.17) is 25.8 Å². The number of methoxy groups -OCH3 is 3. The third-order valence-electron chi connectivity index (χ3n) is 6.30. The molecule has 0 spiro atoms. The highest BCUT2D eigenvalue weighted by Gasteiger charge is 2.40. The molecule has 4 atom stereocenters. The molecule has 13 nitrogen and oxygen atoms in total. The quantitative estimate of drug-likeness (QED) is 0.370. The third kappa shape index (κ3) is 5.15. The summed E-state index contributed by atoms with van der Waals surface area (Å²) >= 11 is 5.86. The monoisotopic (exact) mass is 556 g/mol. The van der Waals surface area contributed by atoms with Gasteiger partial charge in [0.2, 0.25) is 27.7 Å². The minimum absolute atomic E-state index is 0.0850. The zero-order chi connectivity index (χ0) is 26.7. The maximum Gasteiger partial charge on any atom is 0.245 e. The van der Waals surface area contributed by atoms with Crippen LogP contribution in [0.4, 0.5) is 10.3 Å². The molecular weight excluding hydrogens is 531 g/mol. The van der Waals surface area contributed by atoms with Crippen LogP contribution in [0.3, 0.4) is 0 Å². The molecule has 1 fully saturated rings. The number of sulfonamides is 1. The predicted molar refractivity (Wildman–Crippen MR) is 130 cm³/mol. The van der Waals surface area contributed by atoms with Gasteiger partial charge in [-0.2, -0.15) is 9.97 Å². The summed E-state index contributed by atoms with van der Waals surface area (Å²) in [6.45, 7) is 0.889. The van der Waals surface area contributed by atoms with E-state index >= 15 is 0 Å². The predicted octanol–water partition coefficient (Wildman–Crippen LogP) is 2.50. The van der Waals surface area contributed by atoms with Gasteiger partial charge in [-0.3, -0.25) is 13.7 Å². The Morgan fingerprint density at radius 3 is 2.27 bits per heavy atom. The Kier molecular flexibility index (Phi) is 8.04. The van der Waals surface area contributed by atoms with Crippen LogP contribution in [0.5, 0.6) is 11.8 Å². The Balaban J connectivity index is 1.78. The maximum absolute atomic E-state index is 13.6. The summed E-state index contributed by atoms with van der Waals surface area (Å²) in [5.74, 6) is -0.139. The zero-order valence-corrected chi connectivity index (χ0v) is 22.1. The molecule has 0 bridgehead atoms. The zero-order valence-electron chi connectivity index (χ0n) is 20.5. The molecule has 3 aromatic rings. The van der Waals surface area contributed by atoms with Crippen LogP contribution in [-0.2, 0) is 14.8 Å².